The standard InChI is InChI=1S/C8H11ClN4O3/c1-5(3-16-2)12-8-6(13(14)15)7(9)10-4-11-8/h4-5H,3H2,1-2H3,(H,10,11,12). The van der Waals surface area contributed by atoms with Gasteiger partial charge in [0.1, 0.15) is 6.33 Å². The van der Waals surface area contributed by atoms with Gasteiger partial charge in [0.05, 0.1) is 11.5 Å². The number of halogens is 1. The Bertz CT molecular complexity index is 388. The Kier molecular flexibility index (Phi) is 4.39. The van der Waals surface area contributed by atoms with Crippen molar-refractivity contribution in [1.29, 1.82) is 0 Å². The number of hydrogen-bond donors (Lipinski definition) is 1. The van der Waals surface area contributed by atoms with Gasteiger partial charge in [0.2, 0.25) is 11.0 Å². The second kappa shape index (κ2) is 5.57. The van der Waals surface area contributed by atoms with Crippen molar-refractivity contribution in [2.24, 2.45) is 0 Å². The molecule has 16 heavy (non-hydrogen) atoms. The van der Waals surface area contributed by atoms with Crippen LogP contribution in [-0.4, -0.2) is 34.6 Å². The zero-order valence-electron chi connectivity index (χ0n) is 8.81. The molecule has 0 bridgehead atoms. The van der Waals surface area contributed by atoms with E-state index in [0.717, 1.165) is 6.33 Å². The number of nitrogens with one attached hydrogen (secondary N) is 1. The van der Waals surface area contributed by atoms with Gasteiger partial charge in [-0.25, -0.2) is 9.97 Å². The van der Waals surface area contributed by atoms with Crippen LogP contribution in [0.5, 0.6) is 0 Å². The van der Waals surface area contributed by atoms with Gasteiger partial charge in [-0.15, -0.1) is 0 Å². The van der Waals surface area contributed by atoms with E-state index < -0.39 is 4.92 Å². The third-order valence-corrected chi connectivity index (χ3v) is 2.04. The molecule has 0 spiro atoms. The number of aromatic nitrogens is 2. The summed E-state index contributed by atoms with van der Waals surface area (Å²) in [4.78, 5) is 17.5. The van der Waals surface area contributed by atoms with E-state index >= 15 is 0 Å². The predicted octanol–water partition coefficient (Wildman–Crippen LogP) is 1.48. The Balaban J connectivity index is 2.95. The number of nitrogens with zero attached hydrogens (tertiary/aromatic N) is 3. The van der Waals surface area contributed by atoms with E-state index in [2.05, 4.69) is 15.3 Å². The molecular weight excluding hydrogens is 236 g/mol. The fourth-order valence-electron chi connectivity index (χ4n) is 1.15. The molecule has 1 unspecified atom stereocenters. The van der Waals surface area contributed by atoms with Crippen LogP contribution in [0, 0.1) is 10.1 Å². The maximum absolute atomic E-state index is 10.8. The molecule has 1 rings (SSSR count). The van der Waals surface area contributed by atoms with Gasteiger partial charge in [-0.05, 0) is 6.92 Å². The van der Waals surface area contributed by atoms with Crippen molar-refractivity contribution < 1.29 is 9.66 Å². The Morgan fingerprint density at radius 1 is 1.69 bits per heavy atom. The normalized spacial score (nSPS) is 12.2. The average molecular weight is 247 g/mol. The summed E-state index contributed by atoms with van der Waals surface area (Å²) in [7, 11) is 1.54. The molecule has 1 heterocycles. The third-order valence-electron chi connectivity index (χ3n) is 1.76. The zero-order valence-corrected chi connectivity index (χ0v) is 9.56. The second-order valence-electron chi connectivity index (χ2n) is 3.12. The summed E-state index contributed by atoms with van der Waals surface area (Å²) in [5, 5.41) is 13.4. The summed E-state index contributed by atoms with van der Waals surface area (Å²) in [6.07, 6.45) is 1.16. The Morgan fingerprint density at radius 3 is 2.94 bits per heavy atom. The van der Waals surface area contributed by atoms with Crippen molar-refractivity contribution in [3.05, 3.63) is 21.6 Å². The Hall–Kier alpha value is -1.47. The first-order valence-corrected chi connectivity index (χ1v) is 4.84. The molecule has 8 heteroatoms. The van der Waals surface area contributed by atoms with Crippen molar-refractivity contribution in [1.82, 2.24) is 9.97 Å². The summed E-state index contributed by atoms with van der Waals surface area (Å²) in [5.41, 5.74) is -0.327. The van der Waals surface area contributed by atoms with E-state index in [4.69, 9.17) is 16.3 Å². The van der Waals surface area contributed by atoms with E-state index in [1.165, 1.54) is 0 Å². The first-order valence-electron chi connectivity index (χ1n) is 4.46. The monoisotopic (exact) mass is 246 g/mol. The molecule has 0 saturated carbocycles. The van der Waals surface area contributed by atoms with Gasteiger partial charge < -0.3 is 10.1 Å². The van der Waals surface area contributed by atoms with Crippen LogP contribution in [0.1, 0.15) is 6.92 Å². The van der Waals surface area contributed by atoms with Crippen molar-refractivity contribution in [2.75, 3.05) is 19.0 Å². The van der Waals surface area contributed by atoms with Crippen molar-refractivity contribution in [3.8, 4) is 0 Å². The molecular formula is C8H11ClN4O3. The molecule has 1 N–H and O–H groups in total. The Morgan fingerprint density at radius 2 is 2.38 bits per heavy atom. The summed E-state index contributed by atoms with van der Waals surface area (Å²) in [5.74, 6) is 0.0922. The summed E-state index contributed by atoms with van der Waals surface area (Å²) < 4.78 is 4.90. The van der Waals surface area contributed by atoms with E-state index in [1.807, 2.05) is 6.92 Å². The molecule has 0 aromatic carbocycles. The van der Waals surface area contributed by atoms with Crippen molar-refractivity contribution >= 4 is 23.1 Å². The Labute approximate surface area is 97.0 Å². The molecule has 0 saturated heterocycles. The highest BCUT2D eigenvalue weighted by molar-refractivity contribution is 6.31. The molecule has 1 aromatic rings. The number of anilines is 1. The fourth-order valence-corrected chi connectivity index (χ4v) is 1.35. The lowest BCUT2D eigenvalue weighted by Gasteiger charge is -2.12. The second-order valence-corrected chi connectivity index (χ2v) is 3.48. The molecule has 0 radical (unpaired) electrons. The lowest BCUT2D eigenvalue weighted by atomic mass is 10.3. The van der Waals surface area contributed by atoms with Gasteiger partial charge in [-0.2, -0.15) is 0 Å². The number of methoxy groups -OCH3 is 1. The lowest BCUT2D eigenvalue weighted by Crippen LogP contribution is -2.22. The predicted molar refractivity (Wildman–Crippen MR) is 58.7 cm³/mol. The largest absolute Gasteiger partial charge is 0.383 e. The van der Waals surface area contributed by atoms with Gasteiger partial charge >= 0.3 is 5.69 Å². The van der Waals surface area contributed by atoms with Gasteiger partial charge in [-0.3, -0.25) is 10.1 Å². The number of ether oxygens (including phenoxy) is 1. The molecule has 1 aromatic heterocycles. The molecule has 0 fully saturated rings. The van der Waals surface area contributed by atoms with Gasteiger partial charge in [0.15, 0.2) is 0 Å². The number of hydrogen-bond acceptors (Lipinski definition) is 6. The van der Waals surface area contributed by atoms with Crippen LogP contribution >= 0.6 is 11.6 Å². The maximum atomic E-state index is 10.8. The zero-order chi connectivity index (χ0) is 12.1. The first-order chi connectivity index (χ1) is 7.56. The van der Waals surface area contributed by atoms with Crippen LogP contribution in [0.3, 0.4) is 0 Å². The maximum Gasteiger partial charge on any atom is 0.348 e. The van der Waals surface area contributed by atoms with Crippen LogP contribution in [0.4, 0.5) is 11.5 Å². The van der Waals surface area contributed by atoms with Crippen LogP contribution in [0.15, 0.2) is 6.33 Å². The fraction of sp³-hybridized carbons (Fsp3) is 0.500. The highest BCUT2D eigenvalue weighted by atomic mass is 35.5. The van der Waals surface area contributed by atoms with Gasteiger partial charge in [0.25, 0.3) is 0 Å². The van der Waals surface area contributed by atoms with Crippen LogP contribution < -0.4 is 5.32 Å². The smallest absolute Gasteiger partial charge is 0.348 e. The number of rotatable bonds is 5. The van der Waals surface area contributed by atoms with E-state index in [0.29, 0.717) is 6.61 Å². The third kappa shape index (κ3) is 3.01. The molecule has 1 atom stereocenters. The summed E-state index contributed by atoms with van der Waals surface area (Å²) >= 11 is 5.62. The minimum Gasteiger partial charge on any atom is -0.383 e. The van der Waals surface area contributed by atoms with E-state index in [1.54, 1.807) is 7.11 Å². The van der Waals surface area contributed by atoms with Crippen molar-refractivity contribution in [2.45, 2.75) is 13.0 Å². The first kappa shape index (κ1) is 12.6. The van der Waals surface area contributed by atoms with Crippen LogP contribution in [0.25, 0.3) is 0 Å². The summed E-state index contributed by atoms with van der Waals surface area (Å²) in [6, 6.07) is -0.116. The molecule has 88 valence electrons. The van der Waals surface area contributed by atoms with Gasteiger partial charge in [-0.1, -0.05) is 11.6 Å². The van der Waals surface area contributed by atoms with E-state index in [9.17, 15) is 10.1 Å². The minimum absolute atomic E-state index is 0.0922. The lowest BCUT2D eigenvalue weighted by molar-refractivity contribution is -0.384. The SMILES string of the molecule is COCC(C)Nc1ncnc(Cl)c1[N+](=O)[O-]. The molecule has 7 nitrogen and oxygen atoms in total. The molecule has 0 amide bonds. The quantitative estimate of drug-likeness (QED) is 0.481. The summed E-state index contributed by atoms with van der Waals surface area (Å²) in [6.45, 7) is 2.21. The van der Waals surface area contributed by atoms with Crippen LogP contribution in [0.2, 0.25) is 5.15 Å². The highest BCUT2D eigenvalue weighted by Crippen LogP contribution is 2.28. The average Bonchev–Trinajstić information content (AvgIpc) is 2.17. The number of nitro groups is 1. The molecule has 0 aliphatic carbocycles. The highest BCUT2D eigenvalue weighted by Gasteiger charge is 2.22. The topological polar surface area (TPSA) is 90.2 Å². The van der Waals surface area contributed by atoms with E-state index in [-0.39, 0.29) is 22.7 Å². The van der Waals surface area contributed by atoms with Crippen molar-refractivity contribution in [3.63, 3.8) is 0 Å². The minimum atomic E-state index is -0.621. The molecule has 0 aliphatic rings. The van der Waals surface area contributed by atoms with Crippen LogP contribution in [-0.2, 0) is 4.74 Å². The molecule has 0 aliphatic heterocycles. The van der Waals surface area contributed by atoms with Gasteiger partial charge in [0, 0.05) is 13.2 Å².